The Hall–Kier alpha value is -7.52. The molecule has 10 aliphatic rings. The van der Waals surface area contributed by atoms with Gasteiger partial charge in [0.15, 0.2) is 94.9 Å². The number of benzene rings is 2. The van der Waals surface area contributed by atoms with Crippen LogP contribution in [0.2, 0.25) is 0 Å². The van der Waals surface area contributed by atoms with E-state index < -0.39 is 164 Å². The molecule has 9 N–H and O–H groups in total. The minimum atomic E-state index is -5.06. The number of nitro benzene ring substituents is 1. The van der Waals surface area contributed by atoms with Gasteiger partial charge in [0.25, 0.3) is 11.6 Å². The van der Waals surface area contributed by atoms with Crippen molar-refractivity contribution in [1.29, 1.82) is 5.26 Å². The van der Waals surface area contributed by atoms with Crippen LogP contribution in [0.3, 0.4) is 0 Å². The van der Waals surface area contributed by atoms with Crippen LogP contribution in [0.5, 0.6) is 0 Å². The molecule has 56 heteroatoms. The van der Waals surface area contributed by atoms with Gasteiger partial charge in [-0.25, -0.2) is 86.5 Å². The van der Waals surface area contributed by atoms with Crippen molar-refractivity contribution in [2.24, 2.45) is 0 Å². The van der Waals surface area contributed by atoms with Gasteiger partial charge in [-0.2, -0.15) is 45.7 Å². The molecule has 10 aromatic rings. The molecule has 6 fully saturated rings. The van der Waals surface area contributed by atoms with E-state index in [2.05, 4.69) is 65.1 Å². The molecular formula is C67H78F4N22O20P4S6. The lowest BCUT2D eigenvalue weighted by Crippen LogP contribution is -2.37. The fraction of sp³-hybridized carbons (Fsp3) is 0.433. The number of phosphoric ester groups is 1. The number of halogens is 4. The van der Waals surface area contributed by atoms with Gasteiger partial charge in [0, 0.05) is 36.0 Å². The highest BCUT2D eigenvalue weighted by atomic mass is 32.7. The van der Waals surface area contributed by atoms with Gasteiger partial charge in [-0.3, -0.25) is 65.2 Å². The number of alkyl halides is 4. The molecule has 10 aliphatic heterocycles. The van der Waals surface area contributed by atoms with Crippen molar-refractivity contribution in [3.8, 4) is 6.07 Å². The molecule has 28 bridgehead atoms. The first-order valence-corrected chi connectivity index (χ1v) is 46.1. The van der Waals surface area contributed by atoms with E-state index in [4.69, 9.17) is 83.3 Å². The standard InChI is InChI=1S/C42H39F2N11O11P2S2.C25H27F2N9O9P2S.2H3N.3H2S/c43-31-35-30-19-62-68(69,60-17-9-15-45)66-36-29(18-61-67(59,65-35)70-20-26-12-6-7-14-28(26)55(57)58)63-42(32(36)44)54-24-51-34-38(48-22-49-39(34)54)52(40(56)25-10-3-1-4-11-25)16-8-2-5-13-27-33-37(47-21-46-27)53(23-50-33)41(31)64-30;26-15-19-14-7-41-47(39,48)45-20-13(6-40-46(37,38)44-19)42-25(16(20)27)36-11-34-18-21(30-9-32-23(18)36)28-5-3-1-2-4-12-17-22(31-8-29-12)35(10-33-17)24(15)43-14;;;;;/h1-4,6-8,10-12,14,21-24,29-32,35-36,41-42H,5,9,13,16-20H2;1,3,8-11,13-16,19-20,24-25H,2,4-7H2,(H,37,38)(H,39,48)(H,28,30,32);2*1H3;3*1H2/b8-2+;3-1+;;;;;/t29-,30-,31-,32-,35?,36?,41-,42-,67+,68+;13-,14-,15-,16-,19?,20?,24-,25-,47?;;;;;/m11...../s1. The first-order chi connectivity index (χ1) is 57.0. The first-order valence-electron chi connectivity index (χ1n) is 36.3. The number of anilines is 2. The number of hydrogen-bond acceptors (Lipinski definition) is 37. The summed E-state index contributed by atoms with van der Waals surface area (Å²) in [7, 11) is -5.06. The topological polar surface area (TPSA) is 538 Å². The molecule has 20 atom stereocenters. The van der Waals surface area contributed by atoms with Crippen LogP contribution in [0, 0.1) is 21.4 Å². The van der Waals surface area contributed by atoms with Gasteiger partial charge in [-0.05, 0) is 72.8 Å². The van der Waals surface area contributed by atoms with Crippen molar-refractivity contribution in [1.82, 2.24) is 90.4 Å². The number of nitrogens with zero attached hydrogens (tertiary/aromatic N) is 19. The quantitative estimate of drug-likeness (QED) is 0.0236. The summed E-state index contributed by atoms with van der Waals surface area (Å²) in [5.41, 5.74) is 3.16. The molecule has 42 nitrogen and oxygen atoms in total. The van der Waals surface area contributed by atoms with Gasteiger partial charge in [-0.15, -0.1) is 0 Å². The Bertz CT molecular complexity index is 5660. The predicted octanol–water partition coefficient (Wildman–Crippen LogP) is 10.1. The highest BCUT2D eigenvalue weighted by Gasteiger charge is 2.58. The molecule has 660 valence electrons. The molecule has 0 saturated carbocycles. The number of para-hydroxylation sites is 1. The number of aryl methyl sites for hydroxylation is 2. The zero-order valence-electron chi connectivity index (χ0n) is 63.7. The molecule has 0 aliphatic carbocycles. The number of rotatable bonds is 8. The number of imidazole rings is 4. The van der Waals surface area contributed by atoms with Crippen molar-refractivity contribution in [2.45, 2.75) is 136 Å². The van der Waals surface area contributed by atoms with Crippen LogP contribution in [0.1, 0.15) is 71.5 Å². The van der Waals surface area contributed by atoms with E-state index in [0.29, 0.717) is 82.9 Å². The summed E-state index contributed by atoms with van der Waals surface area (Å²) in [4.78, 5) is 101. The van der Waals surface area contributed by atoms with Crippen molar-refractivity contribution >= 4 is 171 Å². The minimum absolute atomic E-state index is 0. The average molecular weight is 1900 g/mol. The third kappa shape index (κ3) is 19.5. The zero-order chi connectivity index (χ0) is 81.8. The Kier molecular flexibility index (Phi) is 30.6. The molecule has 0 spiro atoms. The van der Waals surface area contributed by atoms with Crippen LogP contribution < -0.4 is 22.5 Å². The molecule has 18 heterocycles. The van der Waals surface area contributed by atoms with Crippen LogP contribution in [0.15, 0.2) is 130 Å². The predicted molar refractivity (Wildman–Crippen MR) is 451 cm³/mol. The lowest BCUT2D eigenvalue weighted by atomic mass is 10.1. The highest BCUT2D eigenvalue weighted by molar-refractivity contribution is 8.54. The summed E-state index contributed by atoms with van der Waals surface area (Å²) in [6.07, 6.45) is -7.70. The maximum atomic E-state index is 17.5. The van der Waals surface area contributed by atoms with Crippen LogP contribution in [-0.2, 0) is 111 Å². The fourth-order valence-corrected chi connectivity index (χ4v) is 22.3. The van der Waals surface area contributed by atoms with Gasteiger partial charge in [0.05, 0.1) is 87.1 Å². The number of nitro groups is 1. The number of ether oxygens (including phenoxy) is 4. The largest absolute Gasteiger partial charge is 0.472 e. The van der Waals surface area contributed by atoms with Gasteiger partial charge in [0.2, 0.25) is 0 Å². The van der Waals surface area contributed by atoms with E-state index in [9.17, 15) is 34.5 Å². The Morgan fingerprint density at radius 1 is 0.585 bits per heavy atom. The van der Waals surface area contributed by atoms with Gasteiger partial charge >= 0.3 is 28.1 Å². The number of phosphoric acid groups is 1. The fourth-order valence-electron chi connectivity index (χ4n) is 14.4. The summed E-state index contributed by atoms with van der Waals surface area (Å²) in [5, 5.41) is 24.5. The number of aromatic nitrogens is 16. The SMILES string of the molecule is N.N.N#CCCO[P@]1(=S)OC[C@H]2O[C@@H]3[C@H](F)C2O[P@@](=O)(SCc2ccccc2[N+](=O)[O-])OC[C@H]2O[C@H]([C@H](F)C2O1)n1cnc2c(ncnc21)N(C(=O)c1ccccc1)C/C=C/CCc1ncnc2c1ncn23.O=P1(O)OC[C@H]2O[C@@H]3[C@H](F)C2OP(O)(=S)OC[C@H]2O[C@H]([C@H](F)C2O1)n1cnc2c(ncnc21)CC/C=C/CNc1ncnc2c1ncn23.S.S.S. The van der Waals surface area contributed by atoms with Crippen molar-refractivity contribution in [2.75, 3.05) is 56.3 Å². The number of nitrogens with one attached hydrogen (secondary N) is 1. The second-order valence-corrected chi connectivity index (χ2v) is 38.5. The summed E-state index contributed by atoms with van der Waals surface area (Å²) in [6.45, 7) is -15.9. The second kappa shape index (κ2) is 39.8. The maximum Gasteiger partial charge on any atom is 0.472 e. The van der Waals surface area contributed by atoms with Gasteiger partial charge in [0.1, 0.15) is 85.2 Å². The lowest BCUT2D eigenvalue weighted by Gasteiger charge is -2.31. The van der Waals surface area contributed by atoms with Crippen molar-refractivity contribution < 1.29 is 106 Å². The average Bonchev–Trinajstić information content (AvgIpc) is 1.62. The smallest absolute Gasteiger partial charge is 0.365 e. The van der Waals surface area contributed by atoms with Crippen LogP contribution in [0.4, 0.5) is 34.9 Å². The molecule has 6 saturated heterocycles. The molecule has 20 rings (SSSR count). The Morgan fingerprint density at radius 2 is 1.06 bits per heavy atom. The second-order valence-electron chi connectivity index (χ2n) is 27.3. The van der Waals surface area contributed by atoms with Crippen molar-refractivity contribution in [3.05, 3.63) is 162 Å². The summed E-state index contributed by atoms with van der Waals surface area (Å²) >= 11 is 11.6. The van der Waals surface area contributed by atoms with E-state index >= 15 is 22.1 Å². The van der Waals surface area contributed by atoms with Crippen LogP contribution in [-0.4, -0.2) is 218 Å². The summed E-state index contributed by atoms with van der Waals surface area (Å²) in [5.74, 6) is -0.260. The number of hydrogen-bond donors (Lipinski definition) is 5. The van der Waals surface area contributed by atoms with E-state index in [0.717, 1.165) is 0 Å². The summed E-state index contributed by atoms with van der Waals surface area (Å²) < 4.78 is 177. The zero-order valence-corrected chi connectivity index (χ0v) is 72.8. The normalized spacial score (nSPS) is 31.8. The maximum absolute atomic E-state index is 17.5. The van der Waals surface area contributed by atoms with Gasteiger partial charge < -0.3 is 59.9 Å². The third-order valence-electron chi connectivity index (χ3n) is 20.0. The monoisotopic (exact) mass is 1900 g/mol. The van der Waals surface area contributed by atoms with Crippen molar-refractivity contribution in [3.63, 3.8) is 0 Å². The van der Waals surface area contributed by atoms with Crippen LogP contribution in [0.25, 0.3) is 44.7 Å². The highest BCUT2D eigenvalue weighted by Crippen LogP contribution is 2.66. The lowest BCUT2D eigenvalue weighted by molar-refractivity contribution is -0.385. The Balaban J connectivity index is 0.000000229. The first kappa shape index (κ1) is 94.6. The van der Waals surface area contributed by atoms with Gasteiger partial charge in [-0.1, -0.05) is 60.7 Å². The van der Waals surface area contributed by atoms with E-state index in [1.165, 1.54) is 92.0 Å². The number of carbonyl (C=O) groups is 1. The minimum Gasteiger partial charge on any atom is -0.365 e. The van der Waals surface area contributed by atoms with Crippen LogP contribution >= 0.6 is 79.9 Å². The molecule has 8 aromatic heterocycles. The molecule has 6 unspecified atom stereocenters. The molecule has 123 heavy (non-hydrogen) atoms. The number of allylic oxidation sites excluding steroid dienone is 2. The Labute approximate surface area is 729 Å². The Morgan fingerprint density at radius 3 is 1.63 bits per heavy atom. The van der Waals surface area contributed by atoms with E-state index in [1.54, 1.807) is 42.5 Å². The molecular weight excluding hydrogens is 1830 g/mol. The van der Waals surface area contributed by atoms with E-state index in [1.807, 2.05) is 24.3 Å². The molecule has 0 radical (unpaired) electrons. The van der Waals surface area contributed by atoms with E-state index in [-0.39, 0.29) is 123 Å². The number of nitriles is 1. The third-order valence-corrected chi connectivity index (χ3v) is 28.5. The summed E-state index contributed by atoms with van der Waals surface area (Å²) in [6, 6.07) is 16.2. The number of amides is 1. The number of fused-ring (bicyclic) bond motifs is 20. The molecule has 1 amide bonds. The number of carbonyl (C=O) groups excluding carboxylic acids is 1. The molecule has 2 aromatic carbocycles.